The SMILES string of the molecule is CCNC1CC2(CC(C)N(C)C2)Oc2cc(OC)ccc21. The van der Waals surface area contributed by atoms with E-state index in [9.17, 15) is 0 Å². The molecular weight excluding hydrogens is 264 g/mol. The molecular formula is C17H26N2O2. The number of fused-ring (bicyclic) bond motifs is 1. The highest BCUT2D eigenvalue weighted by Crippen LogP contribution is 2.45. The summed E-state index contributed by atoms with van der Waals surface area (Å²) in [6, 6.07) is 7.12. The Balaban J connectivity index is 1.95. The minimum absolute atomic E-state index is 0.0691. The quantitative estimate of drug-likeness (QED) is 0.928. The molecule has 3 rings (SSSR count). The van der Waals surface area contributed by atoms with Crippen molar-refractivity contribution in [3.05, 3.63) is 23.8 Å². The summed E-state index contributed by atoms with van der Waals surface area (Å²) in [5.41, 5.74) is 1.19. The van der Waals surface area contributed by atoms with Crippen molar-refractivity contribution < 1.29 is 9.47 Å². The molecule has 2 aliphatic rings. The fraction of sp³-hybridized carbons (Fsp3) is 0.647. The normalized spacial score (nSPS) is 32.0. The molecule has 4 heteroatoms. The molecule has 0 bridgehead atoms. The maximum Gasteiger partial charge on any atom is 0.128 e. The Bertz CT molecular complexity index is 508. The molecule has 1 fully saturated rings. The number of nitrogens with zero attached hydrogens (tertiary/aromatic N) is 1. The van der Waals surface area contributed by atoms with Crippen LogP contribution in [-0.2, 0) is 0 Å². The summed E-state index contributed by atoms with van der Waals surface area (Å²) < 4.78 is 11.8. The lowest BCUT2D eigenvalue weighted by Gasteiger charge is -2.40. The highest BCUT2D eigenvalue weighted by molar-refractivity contribution is 5.45. The number of nitrogens with one attached hydrogen (secondary N) is 1. The van der Waals surface area contributed by atoms with Gasteiger partial charge in [-0.1, -0.05) is 13.0 Å². The van der Waals surface area contributed by atoms with Crippen LogP contribution in [0, 0.1) is 0 Å². The molecule has 0 aliphatic carbocycles. The van der Waals surface area contributed by atoms with Crippen molar-refractivity contribution >= 4 is 0 Å². The average Bonchev–Trinajstić information content (AvgIpc) is 2.72. The highest BCUT2D eigenvalue weighted by Gasteiger charge is 2.47. The van der Waals surface area contributed by atoms with E-state index in [2.05, 4.69) is 37.2 Å². The van der Waals surface area contributed by atoms with Gasteiger partial charge in [0.15, 0.2) is 0 Å². The molecule has 1 aromatic carbocycles. The molecule has 0 amide bonds. The van der Waals surface area contributed by atoms with E-state index in [1.807, 2.05) is 12.1 Å². The third-order valence-electron chi connectivity index (χ3n) is 4.91. The first-order valence-corrected chi connectivity index (χ1v) is 7.87. The lowest BCUT2D eigenvalue weighted by molar-refractivity contribution is 0.0405. The number of likely N-dealkylation sites (N-methyl/N-ethyl adjacent to an activating group) is 1. The van der Waals surface area contributed by atoms with Gasteiger partial charge in [0.05, 0.1) is 7.11 Å². The van der Waals surface area contributed by atoms with E-state index in [1.165, 1.54) is 5.56 Å². The van der Waals surface area contributed by atoms with Gasteiger partial charge >= 0.3 is 0 Å². The molecule has 0 saturated carbocycles. The van der Waals surface area contributed by atoms with Gasteiger partial charge in [-0.15, -0.1) is 0 Å². The third kappa shape index (κ3) is 2.62. The summed E-state index contributed by atoms with van der Waals surface area (Å²) in [6.45, 7) is 6.40. The van der Waals surface area contributed by atoms with E-state index >= 15 is 0 Å². The number of ether oxygens (including phenoxy) is 2. The largest absolute Gasteiger partial charge is 0.497 e. The predicted octanol–water partition coefficient (Wildman–Crippen LogP) is 2.59. The average molecular weight is 290 g/mol. The predicted molar refractivity (Wildman–Crippen MR) is 84.1 cm³/mol. The van der Waals surface area contributed by atoms with Gasteiger partial charge in [0.1, 0.15) is 17.1 Å². The van der Waals surface area contributed by atoms with Crippen molar-refractivity contribution in [3.63, 3.8) is 0 Å². The van der Waals surface area contributed by atoms with Crippen molar-refractivity contribution in [2.45, 2.75) is 44.4 Å². The van der Waals surface area contributed by atoms with Crippen LogP contribution >= 0.6 is 0 Å². The van der Waals surface area contributed by atoms with Crippen LogP contribution in [-0.4, -0.2) is 43.8 Å². The van der Waals surface area contributed by atoms with E-state index in [0.29, 0.717) is 12.1 Å². The lowest BCUT2D eigenvalue weighted by atomic mass is 9.85. The van der Waals surface area contributed by atoms with Gasteiger partial charge in [0.25, 0.3) is 0 Å². The van der Waals surface area contributed by atoms with Gasteiger partial charge in [-0.25, -0.2) is 0 Å². The Labute approximate surface area is 127 Å². The molecule has 3 atom stereocenters. The second kappa shape index (κ2) is 5.50. The molecule has 1 aromatic rings. The van der Waals surface area contributed by atoms with Gasteiger partial charge in [-0.05, 0) is 26.6 Å². The van der Waals surface area contributed by atoms with Gasteiger partial charge in [0.2, 0.25) is 0 Å². The first kappa shape index (κ1) is 14.7. The maximum absolute atomic E-state index is 6.48. The lowest BCUT2D eigenvalue weighted by Crippen LogP contribution is -2.45. The molecule has 2 heterocycles. The molecule has 1 spiro atoms. The van der Waals surface area contributed by atoms with Crippen LogP contribution in [0.5, 0.6) is 11.5 Å². The Morgan fingerprint density at radius 1 is 1.43 bits per heavy atom. The number of benzene rings is 1. The van der Waals surface area contributed by atoms with E-state index in [4.69, 9.17) is 9.47 Å². The molecule has 0 aromatic heterocycles. The van der Waals surface area contributed by atoms with E-state index in [0.717, 1.165) is 37.4 Å². The van der Waals surface area contributed by atoms with Gasteiger partial charge in [-0.3, -0.25) is 4.90 Å². The Morgan fingerprint density at radius 2 is 2.24 bits per heavy atom. The fourth-order valence-corrected chi connectivity index (χ4v) is 3.79. The Morgan fingerprint density at radius 3 is 2.86 bits per heavy atom. The second-order valence-electron chi connectivity index (χ2n) is 6.47. The molecule has 3 unspecified atom stereocenters. The first-order valence-electron chi connectivity index (χ1n) is 7.87. The summed E-state index contributed by atoms with van der Waals surface area (Å²) in [4.78, 5) is 2.40. The summed E-state index contributed by atoms with van der Waals surface area (Å²) in [6.07, 6.45) is 2.12. The Hall–Kier alpha value is -1.26. The molecule has 4 nitrogen and oxygen atoms in total. The van der Waals surface area contributed by atoms with Crippen LogP contribution in [0.4, 0.5) is 0 Å². The second-order valence-corrected chi connectivity index (χ2v) is 6.47. The number of hydrogen-bond acceptors (Lipinski definition) is 4. The van der Waals surface area contributed by atoms with E-state index in [1.54, 1.807) is 7.11 Å². The summed E-state index contributed by atoms with van der Waals surface area (Å²) in [5, 5.41) is 3.62. The molecule has 21 heavy (non-hydrogen) atoms. The van der Waals surface area contributed by atoms with Crippen molar-refractivity contribution in [3.8, 4) is 11.5 Å². The number of rotatable bonds is 3. The van der Waals surface area contributed by atoms with Crippen LogP contribution in [0.1, 0.15) is 38.3 Å². The Kier molecular flexibility index (Phi) is 3.84. The number of hydrogen-bond donors (Lipinski definition) is 1. The van der Waals surface area contributed by atoms with Gasteiger partial charge in [0, 0.05) is 43.1 Å². The van der Waals surface area contributed by atoms with Crippen LogP contribution in [0.3, 0.4) is 0 Å². The molecule has 0 radical (unpaired) electrons. The van der Waals surface area contributed by atoms with Gasteiger partial charge < -0.3 is 14.8 Å². The minimum Gasteiger partial charge on any atom is -0.497 e. The monoisotopic (exact) mass is 290 g/mol. The minimum atomic E-state index is -0.0691. The molecule has 1 saturated heterocycles. The smallest absolute Gasteiger partial charge is 0.128 e. The number of likely N-dealkylation sites (tertiary alicyclic amines) is 1. The van der Waals surface area contributed by atoms with Crippen molar-refractivity contribution in [2.24, 2.45) is 0 Å². The van der Waals surface area contributed by atoms with Crippen molar-refractivity contribution in [1.82, 2.24) is 10.2 Å². The van der Waals surface area contributed by atoms with Crippen molar-refractivity contribution in [2.75, 3.05) is 27.2 Å². The fourth-order valence-electron chi connectivity index (χ4n) is 3.79. The van der Waals surface area contributed by atoms with E-state index in [-0.39, 0.29) is 5.60 Å². The summed E-state index contributed by atoms with van der Waals surface area (Å²) >= 11 is 0. The maximum atomic E-state index is 6.48. The van der Waals surface area contributed by atoms with E-state index < -0.39 is 0 Å². The zero-order chi connectivity index (χ0) is 15.0. The zero-order valence-corrected chi connectivity index (χ0v) is 13.5. The topological polar surface area (TPSA) is 33.7 Å². The standard InChI is InChI=1S/C17H26N2O2/c1-5-18-15-10-17(9-12(2)19(3)11-17)21-16-8-13(20-4)6-7-14(15)16/h6-8,12,15,18H,5,9-11H2,1-4H3. The van der Waals surface area contributed by atoms with Crippen LogP contribution in [0.2, 0.25) is 0 Å². The zero-order valence-electron chi connectivity index (χ0n) is 13.5. The third-order valence-corrected chi connectivity index (χ3v) is 4.91. The van der Waals surface area contributed by atoms with Crippen molar-refractivity contribution in [1.29, 1.82) is 0 Å². The van der Waals surface area contributed by atoms with Crippen LogP contribution in [0.15, 0.2) is 18.2 Å². The summed E-state index contributed by atoms with van der Waals surface area (Å²) in [5.74, 6) is 1.84. The first-order chi connectivity index (χ1) is 10.1. The molecule has 116 valence electrons. The molecule has 2 aliphatic heterocycles. The highest BCUT2D eigenvalue weighted by atomic mass is 16.5. The summed E-state index contributed by atoms with van der Waals surface area (Å²) in [7, 11) is 3.89. The molecule has 1 N–H and O–H groups in total. The van der Waals surface area contributed by atoms with Crippen LogP contribution < -0.4 is 14.8 Å². The van der Waals surface area contributed by atoms with Crippen LogP contribution in [0.25, 0.3) is 0 Å². The van der Waals surface area contributed by atoms with Gasteiger partial charge in [-0.2, -0.15) is 0 Å². The number of methoxy groups -OCH3 is 1.